The molecule has 0 radical (unpaired) electrons. The highest BCUT2D eigenvalue weighted by Gasteiger charge is 2.23. The van der Waals surface area contributed by atoms with Crippen molar-refractivity contribution < 1.29 is 9.29 Å². The number of benzene rings is 1. The van der Waals surface area contributed by atoms with Crippen LogP contribution in [0.25, 0.3) is 0 Å². The Balaban J connectivity index is 2.33. The first-order valence-electron chi connectivity index (χ1n) is 5.94. The van der Waals surface area contributed by atoms with E-state index >= 15 is 0 Å². The van der Waals surface area contributed by atoms with Crippen molar-refractivity contribution in [3.63, 3.8) is 0 Å². The maximum atomic E-state index is 11.8. The van der Waals surface area contributed by atoms with Crippen LogP contribution in [0.4, 0.5) is 0 Å². The molecule has 1 aromatic carbocycles. The minimum atomic E-state index is -0.928. The zero-order valence-corrected chi connectivity index (χ0v) is 11.2. The molecule has 1 atom stereocenters. The van der Waals surface area contributed by atoms with E-state index in [-0.39, 0.29) is 0 Å². The minimum Gasteiger partial charge on any atom is -0.612 e. The summed E-state index contributed by atoms with van der Waals surface area (Å²) in [6.45, 7) is 2.08. The van der Waals surface area contributed by atoms with E-state index in [2.05, 4.69) is 5.32 Å². The molecule has 1 aliphatic rings. The van der Waals surface area contributed by atoms with Gasteiger partial charge in [0.15, 0.2) is 4.90 Å². The molecule has 0 aromatic heterocycles. The Morgan fingerprint density at radius 2 is 2.06 bits per heavy atom. The van der Waals surface area contributed by atoms with E-state index < -0.39 is 11.2 Å². The third-order valence-corrected chi connectivity index (χ3v) is 4.30. The second kappa shape index (κ2) is 5.76. The van der Waals surface area contributed by atoms with Crippen molar-refractivity contribution in [2.75, 3.05) is 26.5 Å². The summed E-state index contributed by atoms with van der Waals surface area (Å²) in [5.41, 5.74) is 1.20. The molecule has 1 aromatic rings. The molecule has 4 heteroatoms. The van der Waals surface area contributed by atoms with Crippen molar-refractivity contribution in [1.29, 1.82) is 0 Å². The van der Waals surface area contributed by atoms with Crippen LogP contribution in [-0.4, -0.2) is 31.0 Å². The van der Waals surface area contributed by atoms with Gasteiger partial charge in [0.2, 0.25) is 0 Å². The summed E-state index contributed by atoms with van der Waals surface area (Å²) in [5.74, 6) is 1.36. The van der Waals surface area contributed by atoms with Crippen LogP contribution in [0.1, 0.15) is 24.3 Å². The predicted octanol–water partition coefficient (Wildman–Crippen LogP) is 1.90. The van der Waals surface area contributed by atoms with E-state index in [1.165, 1.54) is 5.56 Å². The van der Waals surface area contributed by atoms with E-state index in [4.69, 9.17) is 4.74 Å². The molecule has 17 heavy (non-hydrogen) atoms. The smallest absolute Gasteiger partial charge is 0.156 e. The summed E-state index contributed by atoms with van der Waals surface area (Å²) in [4.78, 5) is 0.956. The Morgan fingerprint density at radius 1 is 1.35 bits per heavy atom. The lowest BCUT2D eigenvalue weighted by Gasteiger charge is -2.25. The van der Waals surface area contributed by atoms with Gasteiger partial charge in [0, 0.05) is 5.56 Å². The lowest BCUT2D eigenvalue weighted by molar-refractivity contribution is 0.410. The lowest BCUT2D eigenvalue weighted by Crippen LogP contribution is -2.27. The van der Waals surface area contributed by atoms with Crippen molar-refractivity contribution in [1.82, 2.24) is 5.32 Å². The van der Waals surface area contributed by atoms with Gasteiger partial charge in [-0.3, -0.25) is 0 Å². The Hall–Kier alpha value is -0.710. The molecule has 0 bridgehead atoms. The van der Waals surface area contributed by atoms with Crippen molar-refractivity contribution in [3.05, 3.63) is 23.8 Å². The van der Waals surface area contributed by atoms with Gasteiger partial charge in [-0.25, -0.2) is 0 Å². The SMILES string of the molecule is COc1ccc([S+](C)[O-])c(C2CCNCC2)c1. The van der Waals surface area contributed by atoms with Crippen LogP contribution < -0.4 is 10.1 Å². The third-order valence-electron chi connectivity index (χ3n) is 3.31. The number of ether oxygens (including phenoxy) is 1. The summed E-state index contributed by atoms with van der Waals surface area (Å²) in [6.07, 6.45) is 3.96. The molecule has 2 rings (SSSR count). The molecule has 3 nitrogen and oxygen atoms in total. The number of methoxy groups -OCH3 is 1. The van der Waals surface area contributed by atoms with Crippen LogP contribution in [0, 0.1) is 0 Å². The second-order valence-electron chi connectivity index (χ2n) is 4.38. The largest absolute Gasteiger partial charge is 0.612 e. The summed E-state index contributed by atoms with van der Waals surface area (Å²) in [5, 5.41) is 3.35. The van der Waals surface area contributed by atoms with Crippen LogP contribution in [0.5, 0.6) is 5.75 Å². The van der Waals surface area contributed by atoms with E-state index in [1.807, 2.05) is 18.2 Å². The average Bonchev–Trinajstić information content (AvgIpc) is 2.39. The number of piperidine rings is 1. The summed E-state index contributed by atoms with van der Waals surface area (Å²) < 4.78 is 17.0. The van der Waals surface area contributed by atoms with Gasteiger partial charge in [-0.05, 0) is 61.2 Å². The molecule has 0 aliphatic carbocycles. The monoisotopic (exact) mass is 253 g/mol. The summed E-state index contributed by atoms with van der Waals surface area (Å²) >= 11 is -0.928. The number of hydrogen-bond acceptors (Lipinski definition) is 3. The molecule has 0 spiro atoms. The highest BCUT2D eigenvalue weighted by atomic mass is 32.2. The van der Waals surface area contributed by atoms with Gasteiger partial charge in [0.05, 0.1) is 7.11 Å². The summed E-state index contributed by atoms with van der Waals surface area (Å²) in [6, 6.07) is 5.88. The number of nitrogens with one attached hydrogen (secondary N) is 1. The standard InChI is InChI=1S/C13H19NO2S/c1-16-11-3-4-13(17(2)15)12(9-11)10-5-7-14-8-6-10/h3-4,9-10,14H,5-8H2,1-2H3. The first-order chi connectivity index (χ1) is 8.22. The van der Waals surface area contributed by atoms with Gasteiger partial charge < -0.3 is 14.6 Å². The minimum absolute atomic E-state index is 0.505. The van der Waals surface area contributed by atoms with Crippen LogP contribution in [0.3, 0.4) is 0 Å². The molecule has 1 saturated heterocycles. The maximum absolute atomic E-state index is 11.8. The fourth-order valence-electron chi connectivity index (χ4n) is 2.37. The highest BCUT2D eigenvalue weighted by molar-refractivity contribution is 7.90. The molecule has 1 fully saturated rings. The molecule has 0 amide bonds. The highest BCUT2D eigenvalue weighted by Crippen LogP contribution is 2.33. The Labute approximate surface area is 106 Å². The molecule has 0 saturated carbocycles. The van der Waals surface area contributed by atoms with Crippen LogP contribution in [0.15, 0.2) is 23.1 Å². The number of hydrogen-bond donors (Lipinski definition) is 1. The molecule has 1 heterocycles. The second-order valence-corrected chi connectivity index (χ2v) is 5.73. The Bertz CT molecular complexity index is 376. The fourth-order valence-corrected chi connectivity index (χ4v) is 3.18. The van der Waals surface area contributed by atoms with E-state index in [9.17, 15) is 4.55 Å². The molecular formula is C13H19NO2S. The number of rotatable bonds is 3. The lowest BCUT2D eigenvalue weighted by atomic mass is 9.90. The van der Waals surface area contributed by atoms with E-state index in [1.54, 1.807) is 13.4 Å². The van der Waals surface area contributed by atoms with Gasteiger partial charge >= 0.3 is 0 Å². The van der Waals surface area contributed by atoms with E-state index in [0.717, 1.165) is 36.6 Å². The first kappa shape index (κ1) is 12.7. The third kappa shape index (κ3) is 2.94. The fraction of sp³-hybridized carbons (Fsp3) is 0.538. The van der Waals surface area contributed by atoms with Crippen molar-refractivity contribution in [3.8, 4) is 5.75 Å². The zero-order valence-electron chi connectivity index (χ0n) is 10.4. The van der Waals surface area contributed by atoms with Gasteiger partial charge in [-0.1, -0.05) is 0 Å². The van der Waals surface area contributed by atoms with Crippen molar-refractivity contribution in [2.24, 2.45) is 0 Å². The van der Waals surface area contributed by atoms with Gasteiger partial charge in [0.25, 0.3) is 0 Å². The topological polar surface area (TPSA) is 44.3 Å². The molecule has 1 N–H and O–H groups in total. The molecule has 1 unspecified atom stereocenters. The van der Waals surface area contributed by atoms with Gasteiger partial charge in [-0.15, -0.1) is 0 Å². The van der Waals surface area contributed by atoms with Gasteiger partial charge in [0.1, 0.15) is 12.0 Å². The van der Waals surface area contributed by atoms with Crippen LogP contribution >= 0.6 is 0 Å². The predicted molar refractivity (Wildman–Crippen MR) is 70.2 cm³/mol. The average molecular weight is 253 g/mol. The first-order valence-corrected chi connectivity index (χ1v) is 7.50. The zero-order chi connectivity index (χ0) is 12.3. The quantitative estimate of drug-likeness (QED) is 0.837. The van der Waals surface area contributed by atoms with Crippen molar-refractivity contribution in [2.45, 2.75) is 23.7 Å². The Kier molecular flexibility index (Phi) is 4.31. The molecular weight excluding hydrogens is 234 g/mol. The maximum Gasteiger partial charge on any atom is 0.156 e. The van der Waals surface area contributed by atoms with Gasteiger partial charge in [-0.2, -0.15) is 0 Å². The van der Waals surface area contributed by atoms with E-state index in [0.29, 0.717) is 5.92 Å². The molecule has 94 valence electrons. The Morgan fingerprint density at radius 3 is 2.65 bits per heavy atom. The molecule has 1 aliphatic heterocycles. The summed E-state index contributed by atoms with van der Waals surface area (Å²) in [7, 11) is 1.67. The normalized spacial score (nSPS) is 19.0. The van der Waals surface area contributed by atoms with Crippen LogP contribution in [-0.2, 0) is 11.2 Å². The van der Waals surface area contributed by atoms with Crippen molar-refractivity contribution >= 4 is 11.2 Å². The van der Waals surface area contributed by atoms with Crippen LogP contribution in [0.2, 0.25) is 0 Å².